The molecular formula is C8H8BrF3N2O2S. The lowest BCUT2D eigenvalue weighted by molar-refractivity contribution is -0.137. The predicted octanol–water partition coefficient (Wildman–Crippen LogP) is 2.34. The van der Waals surface area contributed by atoms with E-state index < -0.39 is 21.9 Å². The standard InChI is InChI=1S/C8H8BrF3N2O2S/c1-13-17(15,16)14-7-4-5(8(10,11)12)2-3-6(7)9/h2-4,13-14H,1H3. The molecule has 0 atom stereocenters. The molecule has 1 aromatic carbocycles. The van der Waals surface area contributed by atoms with E-state index in [1.165, 1.54) is 0 Å². The molecule has 0 unspecified atom stereocenters. The van der Waals surface area contributed by atoms with Crippen molar-refractivity contribution < 1.29 is 21.6 Å². The minimum absolute atomic E-state index is 0.186. The summed E-state index contributed by atoms with van der Waals surface area (Å²) in [6.07, 6.45) is -4.53. The zero-order valence-corrected chi connectivity index (χ0v) is 10.9. The lowest BCUT2D eigenvalue weighted by Crippen LogP contribution is -2.26. The van der Waals surface area contributed by atoms with Gasteiger partial charge in [0, 0.05) is 11.5 Å². The molecule has 0 aromatic heterocycles. The highest BCUT2D eigenvalue weighted by Crippen LogP contribution is 2.34. The molecule has 96 valence electrons. The molecule has 0 bridgehead atoms. The molecule has 4 nitrogen and oxygen atoms in total. The molecule has 0 aliphatic heterocycles. The first kappa shape index (κ1) is 14.3. The predicted molar refractivity (Wildman–Crippen MR) is 60.7 cm³/mol. The van der Waals surface area contributed by atoms with Gasteiger partial charge in [-0.15, -0.1) is 0 Å². The maximum absolute atomic E-state index is 12.4. The third-order valence-electron chi connectivity index (χ3n) is 1.81. The van der Waals surface area contributed by atoms with Crippen molar-refractivity contribution >= 4 is 31.8 Å². The number of nitrogens with one attached hydrogen (secondary N) is 2. The van der Waals surface area contributed by atoms with Crippen molar-refractivity contribution in [2.75, 3.05) is 11.8 Å². The number of halogens is 4. The molecule has 0 amide bonds. The monoisotopic (exact) mass is 332 g/mol. The van der Waals surface area contributed by atoms with Crippen LogP contribution in [0, 0.1) is 0 Å². The van der Waals surface area contributed by atoms with Crippen LogP contribution in [0.3, 0.4) is 0 Å². The Bertz CT molecular complexity index is 516. The van der Waals surface area contributed by atoms with E-state index in [1.54, 1.807) is 0 Å². The Morgan fingerprint density at radius 2 is 1.88 bits per heavy atom. The minimum Gasteiger partial charge on any atom is -0.270 e. The van der Waals surface area contributed by atoms with Crippen LogP contribution in [-0.4, -0.2) is 15.5 Å². The first-order chi connectivity index (χ1) is 7.65. The largest absolute Gasteiger partial charge is 0.416 e. The van der Waals surface area contributed by atoms with Crippen molar-refractivity contribution in [1.82, 2.24) is 4.72 Å². The highest BCUT2D eigenvalue weighted by atomic mass is 79.9. The summed E-state index contributed by atoms with van der Waals surface area (Å²) in [5.41, 5.74) is -1.12. The Morgan fingerprint density at radius 3 is 2.35 bits per heavy atom. The summed E-state index contributed by atoms with van der Waals surface area (Å²) in [7, 11) is -2.71. The van der Waals surface area contributed by atoms with Crippen LogP contribution in [0.1, 0.15) is 5.56 Å². The normalized spacial score (nSPS) is 12.5. The van der Waals surface area contributed by atoms with Crippen LogP contribution in [0.5, 0.6) is 0 Å². The average Bonchev–Trinajstić information content (AvgIpc) is 2.19. The first-order valence-electron chi connectivity index (χ1n) is 4.24. The Morgan fingerprint density at radius 1 is 1.29 bits per heavy atom. The molecular weight excluding hydrogens is 325 g/mol. The molecule has 0 fully saturated rings. The summed E-state index contributed by atoms with van der Waals surface area (Å²) >= 11 is 2.96. The summed E-state index contributed by atoms with van der Waals surface area (Å²) < 4.78 is 63.6. The number of hydrogen-bond acceptors (Lipinski definition) is 2. The van der Waals surface area contributed by atoms with Crippen molar-refractivity contribution in [2.24, 2.45) is 0 Å². The van der Waals surface area contributed by atoms with E-state index >= 15 is 0 Å². The Balaban J connectivity index is 3.17. The van der Waals surface area contributed by atoms with Crippen LogP contribution in [0.4, 0.5) is 18.9 Å². The second kappa shape index (κ2) is 4.83. The molecule has 0 saturated heterocycles. The molecule has 0 radical (unpaired) electrons. The van der Waals surface area contributed by atoms with Crippen LogP contribution in [0.2, 0.25) is 0 Å². The van der Waals surface area contributed by atoms with E-state index in [9.17, 15) is 21.6 Å². The topological polar surface area (TPSA) is 58.2 Å². The fourth-order valence-corrected chi connectivity index (χ4v) is 2.01. The highest BCUT2D eigenvalue weighted by Gasteiger charge is 2.31. The number of rotatable bonds is 3. The number of anilines is 1. The van der Waals surface area contributed by atoms with E-state index in [1.807, 2.05) is 9.44 Å². The summed E-state index contributed by atoms with van der Waals surface area (Å²) in [6.45, 7) is 0. The van der Waals surface area contributed by atoms with Gasteiger partial charge in [0.05, 0.1) is 11.3 Å². The summed E-state index contributed by atoms with van der Waals surface area (Å²) in [4.78, 5) is 0. The third-order valence-corrected chi connectivity index (χ3v) is 3.52. The van der Waals surface area contributed by atoms with Gasteiger partial charge < -0.3 is 0 Å². The zero-order chi connectivity index (χ0) is 13.3. The molecule has 1 rings (SSSR count). The summed E-state index contributed by atoms with van der Waals surface area (Å²) in [5, 5.41) is 0. The molecule has 17 heavy (non-hydrogen) atoms. The number of hydrogen-bond donors (Lipinski definition) is 2. The fourth-order valence-electron chi connectivity index (χ4n) is 0.976. The van der Waals surface area contributed by atoms with Crippen LogP contribution in [-0.2, 0) is 16.4 Å². The van der Waals surface area contributed by atoms with Gasteiger partial charge in [-0.1, -0.05) is 0 Å². The van der Waals surface area contributed by atoms with Gasteiger partial charge in [0.1, 0.15) is 0 Å². The second-order valence-corrected chi connectivity index (χ2v) is 5.48. The Kier molecular flexibility index (Phi) is 4.05. The smallest absolute Gasteiger partial charge is 0.270 e. The molecule has 0 spiro atoms. The van der Waals surface area contributed by atoms with Crippen LogP contribution in [0.25, 0.3) is 0 Å². The number of benzene rings is 1. The lowest BCUT2D eigenvalue weighted by atomic mass is 10.2. The first-order valence-corrected chi connectivity index (χ1v) is 6.51. The van der Waals surface area contributed by atoms with Crippen molar-refractivity contribution in [2.45, 2.75) is 6.18 Å². The Hall–Kier alpha value is -0.800. The SMILES string of the molecule is CNS(=O)(=O)Nc1cc(C(F)(F)F)ccc1Br. The maximum Gasteiger partial charge on any atom is 0.416 e. The van der Waals surface area contributed by atoms with E-state index in [0.29, 0.717) is 6.07 Å². The average molecular weight is 333 g/mol. The maximum atomic E-state index is 12.4. The highest BCUT2D eigenvalue weighted by molar-refractivity contribution is 9.10. The molecule has 2 N–H and O–H groups in total. The van der Waals surface area contributed by atoms with Gasteiger partial charge in [0.15, 0.2) is 0 Å². The third kappa shape index (κ3) is 3.86. The van der Waals surface area contributed by atoms with Gasteiger partial charge in [0.2, 0.25) is 0 Å². The van der Waals surface area contributed by atoms with Gasteiger partial charge in [-0.3, -0.25) is 4.72 Å². The van der Waals surface area contributed by atoms with E-state index in [4.69, 9.17) is 0 Å². The van der Waals surface area contributed by atoms with E-state index in [0.717, 1.165) is 19.2 Å². The number of alkyl halides is 3. The fraction of sp³-hybridized carbons (Fsp3) is 0.250. The molecule has 9 heteroatoms. The quantitative estimate of drug-likeness (QED) is 0.892. The van der Waals surface area contributed by atoms with Crippen LogP contribution >= 0.6 is 15.9 Å². The van der Waals surface area contributed by atoms with Gasteiger partial charge in [-0.05, 0) is 34.1 Å². The lowest BCUT2D eigenvalue weighted by Gasteiger charge is -2.12. The van der Waals surface area contributed by atoms with Crippen LogP contribution < -0.4 is 9.44 Å². The molecule has 0 aliphatic rings. The van der Waals surface area contributed by atoms with Gasteiger partial charge >= 0.3 is 6.18 Å². The summed E-state index contributed by atoms with van der Waals surface area (Å²) in [6, 6.07) is 2.68. The van der Waals surface area contributed by atoms with E-state index in [-0.39, 0.29) is 10.2 Å². The van der Waals surface area contributed by atoms with E-state index in [2.05, 4.69) is 15.9 Å². The van der Waals surface area contributed by atoms with Gasteiger partial charge in [-0.25, -0.2) is 4.72 Å². The second-order valence-electron chi connectivity index (χ2n) is 3.00. The van der Waals surface area contributed by atoms with Gasteiger partial charge in [0.25, 0.3) is 10.2 Å². The van der Waals surface area contributed by atoms with Crippen LogP contribution in [0.15, 0.2) is 22.7 Å². The van der Waals surface area contributed by atoms with Gasteiger partial charge in [-0.2, -0.15) is 21.6 Å². The van der Waals surface area contributed by atoms with Crippen molar-refractivity contribution in [3.63, 3.8) is 0 Å². The summed E-state index contributed by atoms with van der Waals surface area (Å²) in [5.74, 6) is 0. The molecule has 1 aromatic rings. The van der Waals surface area contributed by atoms with Crippen molar-refractivity contribution in [3.8, 4) is 0 Å². The molecule has 0 heterocycles. The Labute approximate surface area is 105 Å². The van der Waals surface area contributed by atoms with Crippen molar-refractivity contribution in [3.05, 3.63) is 28.2 Å². The van der Waals surface area contributed by atoms with Crippen molar-refractivity contribution in [1.29, 1.82) is 0 Å². The minimum atomic E-state index is -4.53. The molecule has 0 saturated carbocycles. The molecule has 0 aliphatic carbocycles. The zero-order valence-electron chi connectivity index (χ0n) is 8.47.